The average Bonchev–Trinajstić information content (AvgIpc) is 2.04. The molecule has 0 bridgehead atoms. The van der Waals surface area contributed by atoms with Crippen molar-refractivity contribution < 1.29 is 8.76 Å². The molecular formula is C8H11LiO2S. The Morgan fingerprint density at radius 2 is 2.00 bits per heavy atom. The van der Waals surface area contributed by atoms with E-state index in [1.54, 1.807) is 12.1 Å². The Labute approximate surface area is 86.8 Å². The fourth-order valence-corrected chi connectivity index (χ4v) is 1.60. The van der Waals surface area contributed by atoms with E-state index in [0.29, 0.717) is 4.90 Å². The van der Waals surface area contributed by atoms with Gasteiger partial charge in [0, 0.05) is 0 Å². The van der Waals surface area contributed by atoms with Crippen LogP contribution in [0.4, 0.5) is 0 Å². The molecule has 0 saturated carbocycles. The summed E-state index contributed by atoms with van der Waals surface area (Å²) in [5, 5.41) is 0. The Kier molecular flexibility index (Phi) is 5.52. The van der Waals surface area contributed by atoms with Gasteiger partial charge < -0.3 is 4.55 Å². The maximum atomic E-state index is 10.7. The van der Waals surface area contributed by atoms with E-state index in [1.165, 1.54) is 0 Å². The summed E-state index contributed by atoms with van der Waals surface area (Å²) in [6.07, 6.45) is 0.794. The zero-order chi connectivity index (χ0) is 8.27. The van der Waals surface area contributed by atoms with Crippen molar-refractivity contribution in [2.24, 2.45) is 0 Å². The zero-order valence-electron chi connectivity index (χ0n) is 6.28. The summed E-state index contributed by atoms with van der Waals surface area (Å²) in [6.45, 7) is 1.96. The first-order chi connectivity index (χ1) is 5.25. The van der Waals surface area contributed by atoms with Gasteiger partial charge in [0.25, 0.3) is 0 Å². The van der Waals surface area contributed by atoms with Crippen LogP contribution in [0.15, 0.2) is 29.2 Å². The fourth-order valence-electron chi connectivity index (χ4n) is 0.966. The number of hydrogen-bond acceptors (Lipinski definition) is 1. The molecule has 1 atom stereocenters. The molecule has 0 heterocycles. The third kappa shape index (κ3) is 2.76. The van der Waals surface area contributed by atoms with Gasteiger partial charge in [0.1, 0.15) is 0 Å². The molecule has 0 aliphatic carbocycles. The van der Waals surface area contributed by atoms with Gasteiger partial charge >= 0.3 is 18.9 Å². The third-order valence-electron chi connectivity index (χ3n) is 1.54. The number of aryl methyl sites for hydroxylation is 1. The van der Waals surface area contributed by atoms with Crippen molar-refractivity contribution >= 4 is 29.9 Å². The second-order valence-corrected chi connectivity index (χ2v) is 3.15. The van der Waals surface area contributed by atoms with Gasteiger partial charge in [-0.05, 0) is 18.1 Å². The van der Waals surface area contributed by atoms with Crippen LogP contribution in [0.25, 0.3) is 0 Å². The van der Waals surface area contributed by atoms with Gasteiger partial charge in [-0.3, -0.25) is 0 Å². The quantitative estimate of drug-likeness (QED) is 0.545. The van der Waals surface area contributed by atoms with Crippen molar-refractivity contribution in [3.8, 4) is 0 Å². The first kappa shape index (κ1) is 11.9. The predicted molar refractivity (Wildman–Crippen MR) is 52.0 cm³/mol. The Morgan fingerprint density at radius 3 is 2.42 bits per heavy atom. The first-order valence-corrected chi connectivity index (χ1v) is 4.55. The summed E-state index contributed by atoms with van der Waals surface area (Å²) in [7, 11) is 0. The fraction of sp³-hybridized carbons (Fsp3) is 0.250. The Hall–Kier alpha value is -0.0726. The van der Waals surface area contributed by atoms with Crippen LogP contribution in [0, 0.1) is 0 Å². The molecule has 1 unspecified atom stereocenters. The molecule has 12 heavy (non-hydrogen) atoms. The average molecular weight is 178 g/mol. The number of benzene rings is 1. The van der Waals surface area contributed by atoms with Crippen LogP contribution in [0.5, 0.6) is 0 Å². The number of hydrogen-bond donors (Lipinski definition) is 1. The van der Waals surface area contributed by atoms with E-state index < -0.39 is 11.1 Å². The van der Waals surface area contributed by atoms with Crippen molar-refractivity contribution in [3.05, 3.63) is 29.8 Å². The predicted octanol–water partition coefficient (Wildman–Crippen LogP) is 1.18. The Balaban J connectivity index is 0.00000121. The van der Waals surface area contributed by atoms with Crippen LogP contribution in [0.3, 0.4) is 0 Å². The Morgan fingerprint density at radius 1 is 1.42 bits per heavy atom. The summed E-state index contributed by atoms with van der Waals surface area (Å²) < 4.78 is 19.5. The van der Waals surface area contributed by atoms with Crippen molar-refractivity contribution in [1.29, 1.82) is 0 Å². The van der Waals surface area contributed by atoms with Gasteiger partial charge in [0.15, 0.2) is 11.1 Å². The van der Waals surface area contributed by atoms with E-state index in [0.717, 1.165) is 12.0 Å². The van der Waals surface area contributed by atoms with Crippen LogP contribution < -0.4 is 0 Å². The van der Waals surface area contributed by atoms with Crippen LogP contribution in [-0.2, 0) is 17.5 Å². The molecule has 2 nitrogen and oxygen atoms in total. The monoisotopic (exact) mass is 178 g/mol. The molecule has 1 aromatic carbocycles. The minimum atomic E-state index is -1.84. The van der Waals surface area contributed by atoms with E-state index >= 15 is 0 Å². The molecule has 0 saturated heterocycles. The van der Waals surface area contributed by atoms with E-state index in [9.17, 15) is 4.21 Å². The molecule has 62 valence electrons. The van der Waals surface area contributed by atoms with Crippen molar-refractivity contribution in [3.63, 3.8) is 0 Å². The molecule has 1 rings (SSSR count). The Bertz CT molecular complexity index is 276. The van der Waals surface area contributed by atoms with Gasteiger partial charge in [-0.1, -0.05) is 25.1 Å². The molecule has 0 spiro atoms. The van der Waals surface area contributed by atoms with Crippen molar-refractivity contribution in [2.45, 2.75) is 18.2 Å². The first-order valence-electron chi connectivity index (χ1n) is 3.44. The molecule has 0 aromatic heterocycles. The molecule has 0 aliphatic rings. The van der Waals surface area contributed by atoms with Gasteiger partial charge in [-0.2, -0.15) is 0 Å². The topological polar surface area (TPSA) is 37.3 Å². The van der Waals surface area contributed by atoms with Crippen LogP contribution in [0.2, 0.25) is 0 Å². The zero-order valence-corrected chi connectivity index (χ0v) is 7.10. The minimum absolute atomic E-state index is 0. The molecule has 0 aliphatic heterocycles. The van der Waals surface area contributed by atoms with Crippen LogP contribution >= 0.6 is 0 Å². The molecular weight excluding hydrogens is 167 g/mol. The summed E-state index contributed by atoms with van der Waals surface area (Å²) in [4.78, 5) is 0.523. The normalized spacial score (nSPS) is 11.8. The van der Waals surface area contributed by atoms with E-state index in [2.05, 4.69) is 0 Å². The van der Waals surface area contributed by atoms with E-state index in [4.69, 9.17) is 4.55 Å². The van der Waals surface area contributed by atoms with Crippen molar-refractivity contribution in [1.82, 2.24) is 0 Å². The molecule has 4 heteroatoms. The third-order valence-corrected chi connectivity index (χ3v) is 2.32. The molecule has 1 N–H and O–H groups in total. The molecule has 0 fully saturated rings. The summed E-state index contributed by atoms with van der Waals surface area (Å²) in [5.74, 6) is 0. The van der Waals surface area contributed by atoms with Crippen molar-refractivity contribution in [2.75, 3.05) is 0 Å². The van der Waals surface area contributed by atoms with Crippen LogP contribution in [-0.4, -0.2) is 27.6 Å². The van der Waals surface area contributed by atoms with Gasteiger partial charge in [0.2, 0.25) is 0 Å². The molecule has 0 radical (unpaired) electrons. The van der Waals surface area contributed by atoms with Gasteiger partial charge in [0.05, 0.1) is 4.90 Å². The van der Waals surface area contributed by atoms with E-state index in [1.807, 2.05) is 19.1 Å². The maximum absolute atomic E-state index is 10.7. The molecule has 1 aromatic rings. The summed E-state index contributed by atoms with van der Waals surface area (Å²) >= 11 is -1.84. The van der Waals surface area contributed by atoms with Gasteiger partial charge in [-0.25, -0.2) is 4.21 Å². The number of rotatable bonds is 2. The van der Waals surface area contributed by atoms with Crippen LogP contribution in [0.1, 0.15) is 12.5 Å². The van der Waals surface area contributed by atoms with E-state index in [-0.39, 0.29) is 18.9 Å². The molecule has 0 amide bonds. The summed E-state index contributed by atoms with van der Waals surface area (Å²) in [6, 6.07) is 7.18. The van der Waals surface area contributed by atoms with Gasteiger partial charge in [-0.15, -0.1) is 0 Å². The second-order valence-electron chi connectivity index (χ2n) is 2.21. The standard InChI is InChI=1S/C8H10O2S.Li.H/c1-2-7-5-3-4-6-8(7)11(9)10;;/h3-6H,2H2,1H3,(H,9,10);;. The second kappa shape index (κ2) is 5.55. The SMILES string of the molecule is CCc1ccccc1S(=O)O.[LiH]. The summed E-state index contributed by atoms with van der Waals surface area (Å²) in [5.41, 5.74) is 0.938.